The highest BCUT2D eigenvalue weighted by Crippen LogP contribution is 2.23. The van der Waals surface area contributed by atoms with Crippen molar-refractivity contribution in [1.29, 1.82) is 0 Å². The third-order valence-electron chi connectivity index (χ3n) is 3.15. The normalized spacial score (nSPS) is 16.8. The van der Waals surface area contributed by atoms with Gasteiger partial charge in [-0.05, 0) is 25.8 Å². The van der Waals surface area contributed by atoms with E-state index in [1.165, 1.54) is 0 Å². The van der Waals surface area contributed by atoms with E-state index in [-0.39, 0.29) is 0 Å². The third kappa shape index (κ3) is 3.32. The molecule has 2 heteroatoms. The zero-order valence-corrected chi connectivity index (χ0v) is 10.4. The van der Waals surface area contributed by atoms with Gasteiger partial charge < -0.3 is 9.84 Å². The van der Waals surface area contributed by atoms with Gasteiger partial charge in [0.05, 0.1) is 11.7 Å². The van der Waals surface area contributed by atoms with Crippen molar-refractivity contribution in [2.24, 2.45) is 0 Å². The summed E-state index contributed by atoms with van der Waals surface area (Å²) < 4.78 is 5.66. The summed E-state index contributed by atoms with van der Waals surface area (Å²) in [5.41, 5.74) is 0.708. The van der Waals surface area contributed by atoms with Gasteiger partial charge in [-0.3, -0.25) is 0 Å². The van der Waals surface area contributed by atoms with Gasteiger partial charge in [0, 0.05) is 13.0 Å². The van der Waals surface area contributed by atoms with Crippen molar-refractivity contribution in [3.8, 4) is 0 Å². The van der Waals surface area contributed by atoms with Crippen LogP contribution in [0.15, 0.2) is 30.3 Å². The lowest BCUT2D eigenvalue weighted by molar-refractivity contribution is -0.110. The highest BCUT2D eigenvalue weighted by Gasteiger charge is 2.31. The predicted octanol–water partition coefficient (Wildman–Crippen LogP) is 2.80. The van der Waals surface area contributed by atoms with E-state index in [2.05, 4.69) is 0 Å². The molecule has 0 fully saturated rings. The molecule has 0 amide bonds. The largest absolute Gasteiger partial charge is 0.390 e. The molecule has 0 aliphatic rings. The molecule has 1 aromatic rings. The Kier molecular flexibility index (Phi) is 4.97. The maximum Gasteiger partial charge on any atom is 0.0912 e. The molecular formula is C14H22O2. The Morgan fingerprint density at radius 3 is 2.38 bits per heavy atom. The number of ether oxygens (including phenoxy) is 1. The van der Waals surface area contributed by atoms with Gasteiger partial charge >= 0.3 is 0 Å². The minimum Gasteiger partial charge on any atom is -0.390 e. The Morgan fingerprint density at radius 1 is 1.25 bits per heavy atom. The first-order valence-corrected chi connectivity index (χ1v) is 5.98. The summed E-state index contributed by atoms with van der Waals surface area (Å²) in [4.78, 5) is 0. The van der Waals surface area contributed by atoms with E-state index < -0.39 is 11.7 Å². The Labute approximate surface area is 98.3 Å². The monoisotopic (exact) mass is 222 g/mol. The average molecular weight is 222 g/mol. The third-order valence-corrected chi connectivity index (χ3v) is 3.15. The van der Waals surface area contributed by atoms with Crippen LogP contribution in [-0.2, 0) is 11.2 Å². The Balaban J connectivity index is 2.66. The Bertz CT molecular complexity index is 297. The molecule has 2 unspecified atom stereocenters. The maximum absolute atomic E-state index is 10.2. The van der Waals surface area contributed by atoms with Crippen molar-refractivity contribution in [1.82, 2.24) is 0 Å². The lowest BCUT2D eigenvalue weighted by Gasteiger charge is -2.33. The predicted molar refractivity (Wildman–Crippen MR) is 66.5 cm³/mol. The number of aliphatic hydroxyl groups is 1. The van der Waals surface area contributed by atoms with Gasteiger partial charge in [0.25, 0.3) is 0 Å². The van der Waals surface area contributed by atoms with Gasteiger partial charge in [-0.2, -0.15) is 0 Å². The van der Waals surface area contributed by atoms with Crippen LogP contribution in [0, 0.1) is 0 Å². The lowest BCUT2D eigenvalue weighted by atomic mass is 9.91. The fourth-order valence-corrected chi connectivity index (χ4v) is 1.82. The molecule has 2 nitrogen and oxygen atoms in total. The molecule has 90 valence electrons. The summed E-state index contributed by atoms with van der Waals surface area (Å²) in [5, 5.41) is 10.2. The van der Waals surface area contributed by atoms with Crippen LogP contribution in [0.5, 0.6) is 0 Å². The summed E-state index contributed by atoms with van der Waals surface area (Å²) in [6, 6.07) is 10.0. The summed E-state index contributed by atoms with van der Waals surface area (Å²) >= 11 is 0. The molecule has 0 radical (unpaired) electrons. The molecule has 0 heterocycles. The molecule has 0 spiro atoms. The standard InChI is InChI=1S/C14H22O2/c1-4-14(3,16-5-2)13(15)11-12-9-7-6-8-10-12/h6-10,13,15H,4-5,11H2,1-3H3. The first-order chi connectivity index (χ1) is 7.62. The molecule has 16 heavy (non-hydrogen) atoms. The van der Waals surface area contributed by atoms with E-state index in [1.54, 1.807) is 0 Å². The fourth-order valence-electron chi connectivity index (χ4n) is 1.82. The second-order valence-electron chi connectivity index (χ2n) is 4.30. The molecule has 0 aliphatic heterocycles. The molecule has 0 aromatic heterocycles. The maximum atomic E-state index is 10.2. The molecule has 1 aromatic carbocycles. The van der Waals surface area contributed by atoms with Crippen LogP contribution in [0.3, 0.4) is 0 Å². The Morgan fingerprint density at radius 2 is 1.88 bits per heavy atom. The van der Waals surface area contributed by atoms with E-state index in [9.17, 15) is 5.11 Å². The summed E-state index contributed by atoms with van der Waals surface area (Å²) in [5.74, 6) is 0. The van der Waals surface area contributed by atoms with E-state index in [4.69, 9.17) is 4.74 Å². The van der Waals surface area contributed by atoms with Crippen LogP contribution < -0.4 is 0 Å². The van der Waals surface area contributed by atoms with Crippen LogP contribution in [0.4, 0.5) is 0 Å². The zero-order valence-electron chi connectivity index (χ0n) is 10.4. The Hall–Kier alpha value is -0.860. The summed E-state index contributed by atoms with van der Waals surface area (Å²) in [7, 11) is 0. The van der Waals surface area contributed by atoms with Crippen LogP contribution in [0.1, 0.15) is 32.8 Å². The highest BCUT2D eigenvalue weighted by molar-refractivity contribution is 5.16. The molecule has 1 rings (SSSR count). The highest BCUT2D eigenvalue weighted by atomic mass is 16.5. The van der Waals surface area contributed by atoms with E-state index in [0.29, 0.717) is 13.0 Å². The lowest BCUT2D eigenvalue weighted by Crippen LogP contribution is -2.42. The minimum atomic E-state index is -0.458. The molecule has 0 bridgehead atoms. The van der Waals surface area contributed by atoms with Crippen molar-refractivity contribution in [2.75, 3.05) is 6.61 Å². The van der Waals surface area contributed by atoms with Gasteiger partial charge in [0.2, 0.25) is 0 Å². The SMILES string of the molecule is CCOC(C)(CC)C(O)Cc1ccccc1. The van der Waals surface area contributed by atoms with Gasteiger partial charge in [-0.25, -0.2) is 0 Å². The molecule has 2 atom stereocenters. The molecular weight excluding hydrogens is 200 g/mol. The second-order valence-corrected chi connectivity index (χ2v) is 4.30. The number of hydrogen-bond donors (Lipinski definition) is 1. The number of rotatable bonds is 6. The smallest absolute Gasteiger partial charge is 0.0912 e. The fraction of sp³-hybridized carbons (Fsp3) is 0.571. The number of hydrogen-bond acceptors (Lipinski definition) is 2. The topological polar surface area (TPSA) is 29.5 Å². The number of benzene rings is 1. The van der Waals surface area contributed by atoms with Crippen molar-refractivity contribution in [3.63, 3.8) is 0 Å². The van der Waals surface area contributed by atoms with Crippen molar-refractivity contribution >= 4 is 0 Å². The van der Waals surface area contributed by atoms with E-state index in [1.807, 2.05) is 51.1 Å². The molecule has 0 aliphatic carbocycles. The quantitative estimate of drug-likeness (QED) is 0.802. The van der Waals surface area contributed by atoms with Gasteiger partial charge in [-0.15, -0.1) is 0 Å². The molecule has 0 saturated heterocycles. The van der Waals surface area contributed by atoms with Gasteiger partial charge in [0.1, 0.15) is 0 Å². The van der Waals surface area contributed by atoms with Crippen LogP contribution in [0.2, 0.25) is 0 Å². The minimum absolute atomic E-state index is 0.440. The first-order valence-electron chi connectivity index (χ1n) is 5.98. The van der Waals surface area contributed by atoms with Crippen molar-refractivity contribution in [3.05, 3.63) is 35.9 Å². The van der Waals surface area contributed by atoms with E-state index in [0.717, 1.165) is 12.0 Å². The zero-order chi connectivity index (χ0) is 12.0. The molecule has 0 saturated carbocycles. The number of aliphatic hydroxyl groups excluding tert-OH is 1. The van der Waals surface area contributed by atoms with Crippen LogP contribution in [-0.4, -0.2) is 23.4 Å². The van der Waals surface area contributed by atoms with Crippen LogP contribution in [0.25, 0.3) is 0 Å². The van der Waals surface area contributed by atoms with Gasteiger partial charge in [0.15, 0.2) is 0 Å². The van der Waals surface area contributed by atoms with Crippen molar-refractivity contribution in [2.45, 2.75) is 45.3 Å². The van der Waals surface area contributed by atoms with Crippen molar-refractivity contribution < 1.29 is 9.84 Å². The van der Waals surface area contributed by atoms with Crippen LogP contribution >= 0.6 is 0 Å². The average Bonchev–Trinajstić information content (AvgIpc) is 2.30. The summed E-state index contributed by atoms with van der Waals surface area (Å²) in [6.45, 7) is 6.62. The molecule has 1 N–H and O–H groups in total. The van der Waals surface area contributed by atoms with Gasteiger partial charge in [-0.1, -0.05) is 37.3 Å². The first kappa shape index (κ1) is 13.2. The second kappa shape index (κ2) is 6.02. The van der Waals surface area contributed by atoms with E-state index >= 15 is 0 Å². The summed E-state index contributed by atoms with van der Waals surface area (Å²) in [6.07, 6.45) is 1.000.